The van der Waals surface area contributed by atoms with Crippen molar-refractivity contribution in [3.05, 3.63) is 18.0 Å². The van der Waals surface area contributed by atoms with Crippen LogP contribution < -0.4 is 10.6 Å². The van der Waals surface area contributed by atoms with Crippen LogP contribution in [0.25, 0.3) is 0 Å². The second-order valence-corrected chi connectivity index (χ2v) is 7.95. The molecule has 154 valence electrons. The van der Waals surface area contributed by atoms with Gasteiger partial charge in [0.25, 0.3) is 0 Å². The van der Waals surface area contributed by atoms with Gasteiger partial charge < -0.3 is 15.4 Å². The fraction of sp³-hybridized carbons (Fsp3) is 0.800. The summed E-state index contributed by atoms with van der Waals surface area (Å²) < 4.78 is 7.48. The van der Waals surface area contributed by atoms with E-state index in [9.17, 15) is 0 Å². The van der Waals surface area contributed by atoms with Gasteiger partial charge in [0.2, 0.25) is 0 Å². The normalized spacial score (nSPS) is 19.9. The van der Waals surface area contributed by atoms with Gasteiger partial charge in [0.1, 0.15) is 0 Å². The van der Waals surface area contributed by atoms with Gasteiger partial charge in [-0.1, -0.05) is 25.7 Å². The van der Waals surface area contributed by atoms with E-state index in [-0.39, 0.29) is 24.0 Å². The molecule has 2 saturated carbocycles. The summed E-state index contributed by atoms with van der Waals surface area (Å²) in [5, 5.41) is 11.7. The van der Waals surface area contributed by atoms with E-state index in [1.165, 1.54) is 51.4 Å². The lowest BCUT2D eigenvalue weighted by Crippen LogP contribution is -2.43. The van der Waals surface area contributed by atoms with Crippen LogP contribution in [0.5, 0.6) is 0 Å². The molecule has 0 aromatic carbocycles. The molecule has 2 fully saturated rings. The summed E-state index contributed by atoms with van der Waals surface area (Å²) in [6.45, 7) is 2.52. The van der Waals surface area contributed by atoms with E-state index < -0.39 is 0 Å². The summed E-state index contributed by atoms with van der Waals surface area (Å²) >= 11 is 0. The molecule has 6 nitrogen and oxygen atoms in total. The molecule has 2 N–H and O–H groups in total. The maximum atomic E-state index is 5.33. The Kier molecular flexibility index (Phi) is 9.35. The van der Waals surface area contributed by atoms with E-state index in [1.807, 2.05) is 7.05 Å². The van der Waals surface area contributed by atoms with Crippen molar-refractivity contribution in [1.82, 2.24) is 20.4 Å². The van der Waals surface area contributed by atoms with Gasteiger partial charge >= 0.3 is 0 Å². The Morgan fingerprint density at radius 3 is 2.67 bits per heavy atom. The average molecular weight is 489 g/mol. The largest absolute Gasteiger partial charge is 0.385 e. The van der Waals surface area contributed by atoms with Gasteiger partial charge in [0.05, 0.1) is 18.3 Å². The second-order valence-electron chi connectivity index (χ2n) is 7.95. The Bertz CT molecular complexity index is 577. The number of ether oxygens (including phenoxy) is 1. The van der Waals surface area contributed by atoms with Gasteiger partial charge in [-0.25, -0.2) is 0 Å². The van der Waals surface area contributed by atoms with Crippen molar-refractivity contribution in [2.24, 2.45) is 10.4 Å². The third kappa shape index (κ3) is 6.34. The lowest BCUT2D eigenvalue weighted by molar-refractivity contribution is 0.138. The number of hydrogen-bond donors (Lipinski definition) is 2. The van der Waals surface area contributed by atoms with E-state index in [0.717, 1.165) is 31.2 Å². The Morgan fingerprint density at radius 2 is 2.00 bits per heavy atom. The fourth-order valence-electron chi connectivity index (χ4n) is 4.47. The third-order valence-corrected chi connectivity index (χ3v) is 6.15. The molecule has 27 heavy (non-hydrogen) atoms. The minimum Gasteiger partial charge on any atom is -0.385 e. The first-order chi connectivity index (χ1) is 12.7. The Hall–Kier alpha value is -0.830. The lowest BCUT2D eigenvalue weighted by atomic mass is 9.83. The predicted octanol–water partition coefficient (Wildman–Crippen LogP) is 3.88. The molecule has 0 bridgehead atoms. The summed E-state index contributed by atoms with van der Waals surface area (Å²) in [5.41, 5.74) is 1.44. The number of hydrogen-bond acceptors (Lipinski definition) is 3. The van der Waals surface area contributed by atoms with Crippen LogP contribution in [0.4, 0.5) is 0 Å². The molecule has 1 heterocycles. The van der Waals surface area contributed by atoms with Crippen LogP contribution in [-0.4, -0.2) is 43.0 Å². The van der Waals surface area contributed by atoms with Crippen molar-refractivity contribution in [2.75, 3.05) is 27.3 Å². The summed E-state index contributed by atoms with van der Waals surface area (Å²) in [5.74, 6) is 0.865. The van der Waals surface area contributed by atoms with Gasteiger partial charge in [-0.2, -0.15) is 5.10 Å². The number of guanidine groups is 1. The van der Waals surface area contributed by atoms with Crippen LogP contribution in [0.1, 0.15) is 69.5 Å². The highest BCUT2D eigenvalue weighted by Gasteiger charge is 2.33. The van der Waals surface area contributed by atoms with E-state index in [4.69, 9.17) is 9.84 Å². The van der Waals surface area contributed by atoms with Crippen LogP contribution in [0.3, 0.4) is 0 Å². The summed E-state index contributed by atoms with van der Waals surface area (Å²) in [6, 6.07) is 2.72. The topological polar surface area (TPSA) is 63.5 Å². The zero-order valence-electron chi connectivity index (χ0n) is 16.9. The van der Waals surface area contributed by atoms with Crippen molar-refractivity contribution in [2.45, 2.75) is 70.4 Å². The molecule has 0 saturated heterocycles. The van der Waals surface area contributed by atoms with Crippen LogP contribution in [-0.2, 0) is 11.3 Å². The van der Waals surface area contributed by atoms with Gasteiger partial charge in [-0.3, -0.25) is 9.67 Å². The molecule has 0 aliphatic heterocycles. The maximum Gasteiger partial charge on any atom is 0.191 e. The standard InChI is InChI=1S/C20H35N5O.HI/c1-21-19(23-16-20(12-14-26-2)10-5-6-11-20)22-15-17-9-13-25(24-17)18-7-3-4-8-18;/h9,13,18H,3-8,10-12,14-16H2,1-2H3,(H2,21,22,23);1H. The Labute approximate surface area is 180 Å². The van der Waals surface area contributed by atoms with Gasteiger partial charge in [-0.15, -0.1) is 24.0 Å². The molecular formula is C20H36IN5O. The van der Waals surface area contributed by atoms with Crippen LogP contribution in [0.15, 0.2) is 17.3 Å². The first-order valence-corrected chi connectivity index (χ1v) is 10.2. The van der Waals surface area contributed by atoms with Gasteiger partial charge in [-0.05, 0) is 43.6 Å². The fourth-order valence-corrected chi connectivity index (χ4v) is 4.47. The quantitative estimate of drug-likeness (QED) is 0.331. The molecule has 2 aliphatic carbocycles. The summed E-state index contributed by atoms with van der Waals surface area (Å²) in [7, 11) is 3.63. The molecule has 3 rings (SSSR count). The third-order valence-electron chi connectivity index (χ3n) is 6.15. The highest BCUT2D eigenvalue weighted by molar-refractivity contribution is 14.0. The average Bonchev–Trinajstić information content (AvgIpc) is 3.41. The molecule has 7 heteroatoms. The van der Waals surface area contributed by atoms with Crippen molar-refractivity contribution in [1.29, 1.82) is 0 Å². The molecule has 0 atom stereocenters. The zero-order chi connectivity index (χ0) is 18.2. The van der Waals surface area contributed by atoms with Crippen molar-refractivity contribution in [3.63, 3.8) is 0 Å². The zero-order valence-corrected chi connectivity index (χ0v) is 19.2. The number of aromatic nitrogens is 2. The number of aliphatic imine (C=N–C) groups is 1. The lowest BCUT2D eigenvalue weighted by Gasteiger charge is -2.29. The number of nitrogens with zero attached hydrogens (tertiary/aromatic N) is 3. The van der Waals surface area contributed by atoms with Gasteiger partial charge in [0, 0.05) is 33.5 Å². The van der Waals surface area contributed by atoms with Crippen LogP contribution in [0.2, 0.25) is 0 Å². The number of halogens is 1. The first-order valence-electron chi connectivity index (χ1n) is 10.2. The van der Waals surface area contributed by atoms with Crippen LogP contribution in [0, 0.1) is 5.41 Å². The number of methoxy groups -OCH3 is 1. The van der Waals surface area contributed by atoms with E-state index in [2.05, 4.69) is 32.6 Å². The van der Waals surface area contributed by atoms with E-state index in [0.29, 0.717) is 18.0 Å². The molecule has 0 amide bonds. The molecule has 2 aliphatic rings. The number of nitrogens with one attached hydrogen (secondary N) is 2. The Balaban J connectivity index is 0.00000261. The Morgan fingerprint density at radius 1 is 1.26 bits per heavy atom. The minimum atomic E-state index is 0. The van der Waals surface area contributed by atoms with Crippen LogP contribution >= 0.6 is 24.0 Å². The summed E-state index contributed by atoms with van der Waals surface area (Å²) in [4.78, 5) is 4.39. The smallest absolute Gasteiger partial charge is 0.191 e. The van der Waals surface area contributed by atoms with Crippen molar-refractivity contribution in [3.8, 4) is 0 Å². The molecular weight excluding hydrogens is 453 g/mol. The molecule has 0 spiro atoms. The van der Waals surface area contributed by atoms with Gasteiger partial charge in [0.15, 0.2) is 5.96 Å². The monoisotopic (exact) mass is 489 g/mol. The molecule has 1 aromatic rings. The maximum absolute atomic E-state index is 5.33. The second kappa shape index (κ2) is 11.2. The highest BCUT2D eigenvalue weighted by atomic mass is 127. The molecule has 1 aromatic heterocycles. The SMILES string of the molecule is CN=C(NCc1ccn(C2CCCC2)n1)NCC1(CCOC)CCCC1.I. The first kappa shape index (κ1) is 22.5. The minimum absolute atomic E-state index is 0. The van der Waals surface area contributed by atoms with Crippen molar-refractivity contribution >= 4 is 29.9 Å². The molecule has 0 unspecified atom stereocenters. The number of rotatable bonds is 8. The van der Waals surface area contributed by atoms with E-state index >= 15 is 0 Å². The summed E-state index contributed by atoms with van der Waals surface area (Å²) in [6.07, 6.45) is 13.7. The highest BCUT2D eigenvalue weighted by Crippen LogP contribution is 2.40. The van der Waals surface area contributed by atoms with E-state index in [1.54, 1.807) is 7.11 Å². The van der Waals surface area contributed by atoms with Crippen molar-refractivity contribution < 1.29 is 4.74 Å². The molecule has 0 radical (unpaired) electrons. The predicted molar refractivity (Wildman–Crippen MR) is 121 cm³/mol.